The van der Waals surface area contributed by atoms with E-state index in [9.17, 15) is 42.4 Å². The lowest BCUT2D eigenvalue weighted by atomic mass is 9.99. The molecule has 0 aliphatic carbocycles. The molecule has 0 bridgehead atoms. The van der Waals surface area contributed by atoms with Crippen LogP contribution in [0.25, 0.3) is 0 Å². The van der Waals surface area contributed by atoms with Crippen LogP contribution in [0.2, 0.25) is 0 Å². The summed E-state index contributed by atoms with van der Waals surface area (Å²) in [6, 6.07) is 4.74. The van der Waals surface area contributed by atoms with Gasteiger partial charge in [0.05, 0.1) is 12.2 Å². The summed E-state index contributed by atoms with van der Waals surface area (Å²) < 4.78 is 79.9. The monoisotopic (exact) mass is 510 g/mol. The highest BCUT2D eigenvalue weighted by Crippen LogP contribution is 2.40. The van der Waals surface area contributed by atoms with Gasteiger partial charge in [0.25, 0.3) is 0 Å². The lowest BCUT2D eigenvalue weighted by Gasteiger charge is -2.39. The molecule has 2 aromatic rings. The van der Waals surface area contributed by atoms with Crippen LogP contribution in [0.5, 0.6) is 5.88 Å². The van der Waals surface area contributed by atoms with Gasteiger partial charge in [0.1, 0.15) is 43.8 Å². The number of aromatic nitrogens is 2. The summed E-state index contributed by atoms with van der Waals surface area (Å²) >= 11 is 0. The van der Waals surface area contributed by atoms with Gasteiger partial charge in [0, 0.05) is 6.42 Å². The van der Waals surface area contributed by atoms with Gasteiger partial charge in [-0.1, -0.05) is 31.2 Å². The number of halogens is 5. The molecule has 13 heteroatoms. The molecule has 3 rings (SSSR count). The SMILES string of the molecule is CCc1ccc(Cc2c(OC3OC(CO)C(O)C(O)C3O)nn(C(CF)CF)c2C(F)(F)F)cc1. The third-order valence-corrected chi connectivity index (χ3v) is 5.83. The van der Waals surface area contributed by atoms with Gasteiger partial charge in [0.15, 0.2) is 5.69 Å². The van der Waals surface area contributed by atoms with E-state index in [1.54, 1.807) is 24.3 Å². The molecule has 1 aliphatic heterocycles. The minimum absolute atomic E-state index is 0.162. The van der Waals surface area contributed by atoms with Crippen LogP contribution in [0.15, 0.2) is 24.3 Å². The molecule has 196 valence electrons. The predicted octanol–water partition coefficient (Wildman–Crippen LogP) is 1.71. The molecule has 8 nitrogen and oxygen atoms in total. The summed E-state index contributed by atoms with van der Waals surface area (Å²) in [4.78, 5) is 0. The minimum Gasteiger partial charge on any atom is -0.443 e. The molecule has 1 fully saturated rings. The van der Waals surface area contributed by atoms with E-state index in [0.717, 1.165) is 5.56 Å². The fourth-order valence-electron chi connectivity index (χ4n) is 3.81. The molecule has 5 atom stereocenters. The Bertz CT molecular complexity index is 964. The van der Waals surface area contributed by atoms with E-state index >= 15 is 0 Å². The van der Waals surface area contributed by atoms with Gasteiger partial charge in [-0.3, -0.25) is 0 Å². The molecule has 1 aliphatic rings. The summed E-state index contributed by atoms with van der Waals surface area (Å²) in [7, 11) is 0. The van der Waals surface area contributed by atoms with E-state index in [1.165, 1.54) is 0 Å². The largest absolute Gasteiger partial charge is 0.443 e. The lowest BCUT2D eigenvalue weighted by molar-refractivity contribution is -0.278. The van der Waals surface area contributed by atoms with Crippen molar-refractivity contribution < 1.29 is 51.9 Å². The normalized spacial score (nSPS) is 25.3. The topological polar surface area (TPSA) is 117 Å². The molecule has 1 saturated heterocycles. The zero-order valence-electron chi connectivity index (χ0n) is 18.7. The average Bonchev–Trinajstić information content (AvgIpc) is 3.18. The van der Waals surface area contributed by atoms with Gasteiger partial charge < -0.3 is 29.9 Å². The van der Waals surface area contributed by atoms with Crippen molar-refractivity contribution in [2.24, 2.45) is 0 Å². The second-order valence-electron chi connectivity index (χ2n) is 8.20. The van der Waals surface area contributed by atoms with Crippen LogP contribution in [0.4, 0.5) is 22.0 Å². The Balaban J connectivity index is 2.09. The van der Waals surface area contributed by atoms with Gasteiger partial charge in [-0.2, -0.15) is 13.2 Å². The van der Waals surface area contributed by atoms with Gasteiger partial charge in [0.2, 0.25) is 12.2 Å². The Morgan fingerprint density at radius 1 is 1.03 bits per heavy atom. The highest BCUT2D eigenvalue weighted by molar-refractivity contribution is 5.39. The van der Waals surface area contributed by atoms with Crippen molar-refractivity contribution in [2.75, 3.05) is 20.0 Å². The number of nitrogens with zero attached hydrogens (tertiary/aromatic N) is 2. The second kappa shape index (κ2) is 11.2. The first kappa shape index (κ1) is 27.3. The first-order chi connectivity index (χ1) is 16.5. The third kappa shape index (κ3) is 5.75. The van der Waals surface area contributed by atoms with Crippen molar-refractivity contribution in [2.45, 2.75) is 62.7 Å². The Morgan fingerprint density at radius 3 is 2.14 bits per heavy atom. The molecule has 0 radical (unpaired) electrons. The zero-order chi connectivity index (χ0) is 25.9. The summed E-state index contributed by atoms with van der Waals surface area (Å²) in [6.07, 6.45) is -13.5. The Kier molecular flexibility index (Phi) is 8.70. The molecule has 35 heavy (non-hydrogen) atoms. The number of aliphatic hydroxyl groups is 4. The number of aliphatic hydroxyl groups excluding tert-OH is 4. The standard InChI is InChI=1S/C22H27F5N2O6/c1-2-11-3-5-12(6-4-11)7-14-19(22(25,26)27)29(13(8-23)9-24)28-20(14)35-21-18(33)17(32)16(31)15(10-30)34-21/h3-6,13,15-18,21,30-33H,2,7-10H2,1H3. The van der Waals surface area contributed by atoms with Crippen molar-refractivity contribution in [3.63, 3.8) is 0 Å². The zero-order valence-corrected chi connectivity index (χ0v) is 18.7. The first-order valence-corrected chi connectivity index (χ1v) is 10.9. The fraction of sp³-hybridized carbons (Fsp3) is 0.591. The molecule has 1 aromatic heterocycles. The number of aryl methyl sites for hydroxylation is 1. The molecule has 5 unspecified atom stereocenters. The molecule has 2 heterocycles. The molecular weight excluding hydrogens is 483 g/mol. The van der Waals surface area contributed by atoms with Crippen LogP contribution < -0.4 is 4.74 Å². The van der Waals surface area contributed by atoms with Crippen LogP contribution >= 0.6 is 0 Å². The summed E-state index contributed by atoms with van der Waals surface area (Å²) in [5, 5.41) is 43.2. The van der Waals surface area contributed by atoms with Crippen molar-refractivity contribution in [1.82, 2.24) is 9.78 Å². The quantitative estimate of drug-likeness (QED) is 0.380. The maximum Gasteiger partial charge on any atom is 0.433 e. The van der Waals surface area contributed by atoms with E-state index < -0.39 is 86.4 Å². The number of hydrogen-bond donors (Lipinski definition) is 4. The molecule has 1 aromatic carbocycles. The van der Waals surface area contributed by atoms with Crippen molar-refractivity contribution in [3.8, 4) is 5.88 Å². The average molecular weight is 510 g/mol. The number of hydrogen-bond acceptors (Lipinski definition) is 7. The lowest BCUT2D eigenvalue weighted by Crippen LogP contribution is -2.60. The van der Waals surface area contributed by atoms with Crippen molar-refractivity contribution in [1.29, 1.82) is 0 Å². The highest BCUT2D eigenvalue weighted by atomic mass is 19.4. The maximum atomic E-state index is 14.1. The Hall–Kier alpha value is -2.32. The molecular formula is C22H27F5N2O6. The number of alkyl halides is 5. The third-order valence-electron chi connectivity index (χ3n) is 5.83. The smallest absolute Gasteiger partial charge is 0.433 e. The van der Waals surface area contributed by atoms with Gasteiger partial charge in [-0.25, -0.2) is 13.5 Å². The molecule has 4 N–H and O–H groups in total. The van der Waals surface area contributed by atoms with Crippen LogP contribution in [0.1, 0.15) is 35.3 Å². The first-order valence-electron chi connectivity index (χ1n) is 10.9. The van der Waals surface area contributed by atoms with Gasteiger partial charge in [-0.15, -0.1) is 5.10 Å². The number of ether oxygens (including phenoxy) is 2. The van der Waals surface area contributed by atoms with Crippen molar-refractivity contribution >= 4 is 0 Å². The van der Waals surface area contributed by atoms with E-state index in [0.29, 0.717) is 12.0 Å². The summed E-state index contributed by atoms with van der Waals surface area (Å²) in [6.45, 7) is -1.85. The Labute approximate surface area is 197 Å². The molecule has 0 spiro atoms. The second-order valence-corrected chi connectivity index (χ2v) is 8.20. The van der Waals surface area contributed by atoms with Gasteiger partial charge in [-0.05, 0) is 17.5 Å². The summed E-state index contributed by atoms with van der Waals surface area (Å²) in [5.74, 6) is -0.729. The van der Waals surface area contributed by atoms with E-state index in [2.05, 4.69) is 5.10 Å². The number of benzene rings is 1. The summed E-state index contributed by atoms with van der Waals surface area (Å²) in [5.41, 5.74) is -0.640. The van der Waals surface area contributed by atoms with E-state index in [1.807, 2.05) is 6.92 Å². The van der Waals surface area contributed by atoms with Crippen LogP contribution in [0, 0.1) is 0 Å². The fourth-order valence-corrected chi connectivity index (χ4v) is 3.81. The van der Waals surface area contributed by atoms with Crippen LogP contribution in [-0.2, 0) is 23.8 Å². The van der Waals surface area contributed by atoms with Gasteiger partial charge >= 0.3 is 6.18 Å². The number of rotatable bonds is 9. The molecule has 0 amide bonds. The van der Waals surface area contributed by atoms with Crippen molar-refractivity contribution in [3.05, 3.63) is 46.6 Å². The maximum absolute atomic E-state index is 14.1. The minimum atomic E-state index is -5.08. The Morgan fingerprint density at radius 2 is 1.63 bits per heavy atom. The van der Waals surface area contributed by atoms with Crippen LogP contribution in [-0.4, -0.2) is 80.9 Å². The predicted molar refractivity (Wildman–Crippen MR) is 111 cm³/mol. The van der Waals surface area contributed by atoms with Crippen LogP contribution in [0.3, 0.4) is 0 Å². The highest BCUT2D eigenvalue weighted by Gasteiger charge is 2.47. The molecule has 0 saturated carbocycles. The van der Waals surface area contributed by atoms with E-state index in [-0.39, 0.29) is 4.68 Å². The van der Waals surface area contributed by atoms with E-state index in [4.69, 9.17) is 9.47 Å².